The van der Waals surface area contributed by atoms with Crippen molar-refractivity contribution in [1.82, 2.24) is 9.80 Å². The lowest BCUT2D eigenvalue weighted by atomic mass is 9.80. The molecule has 106 valence electrons. The minimum absolute atomic E-state index is 0.468. The van der Waals surface area contributed by atoms with Gasteiger partial charge in [0.05, 0.1) is 0 Å². The Morgan fingerprint density at radius 2 is 1.63 bits per heavy atom. The van der Waals surface area contributed by atoms with Crippen molar-refractivity contribution in [2.45, 2.75) is 0 Å². The zero-order chi connectivity index (χ0) is 14.3. The summed E-state index contributed by atoms with van der Waals surface area (Å²) in [4.78, 5) is 4.36. The molecule has 0 radical (unpaired) electrons. The molecule has 0 amide bonds. The summed E-state index contributed by atoms with van der Waals surface area (Å²) >= 11 is 0. The molecule has 0 bridgehead atoms. The van der Waals surface area contributed by atoms with Crippen LogP contribution < -0.4 is 10.2 Å². The van der Waals surface area contributed by atoms with Crippen LogP contribution in [0.25, 0.3) is 0 Å². The Labute approximate surface area is 115 Å². The molecular formula is C13H23BN2O3. The van der Waals surface area contributed by atoms with Crippen LogP contribution in [0.1, 0.15) is 0 Å². The smallest absolute Gasteiger partial charge is 0.488 e. The highest BCUT2D eigenvalue weighted by Gasteiger charge is 2.09. The molecule has 0 atom stereocenters. The van der Waals surface area contributed by atoms with E-state index in [1.54, 1.807) is 24.3 Å². The Morgan fingerprint density at radius 1 is 1.00 bits per heavy atom. The topological polar surface area (TPSA) is 56.2 Å². The van der Waals surface area contributed by atoms with Crippen molar-refractivity contribution in [3.05, 3.63) is 24.3 Å². The number of nitrogens with zero attached hydrogens (tertiary/aromatic N) is 2. The fraction of sp³-hybridized carbons (Fsp3) is 0.538. The first-order valence-electron chi connectivity index (χ1n) is 6.41. The van der Waals surface area contributed by atoms with Crippen molar-refractivity contribution in [1.29, 1.82) is 0 Å². The van der Waals surface area contributed by atoms with E-state index >= 15 is 0 Å². The molecule has 6 heteroatoms. The average Bonchev–Trinajstić information content (AvgIpc) is 2.37. The zero-order valence-electron chi connectivity index (χ0n) is 11.9. The Morgan fingerprint density at radius 3 is 2.16 bits per heavy atom. The van der Waals surface area contributed by atoms with Crippen molar-refractivity contribution in [2.24, 2.45) is 0 Å². The third-order valence-electron chi connectivity index (χ3n) is 2.85. The van der Waals surface area contributed by atoms with Crippen LogP contribution in [-0.4, -0.2) is 74.4 Å². The fourth-order valence-electron chi connectivity index (χ4n) is 1.54. The van der Waals surface area contributed by atoms with E-state index in [0.717, 1.165) is 25.4 Å². The van der Waals surface area contributed by atoms with Crippen LogP contribution >= 0.6 is 0 Å². The van der Waals surface area contributed by atoms with E-state index < -0.39 is 7.12 Å². The molecule has 0 spiro atoms. The lowest BCUT2D eigenvalue weighted by Crippen LogP contribution is -2.31. The summed E-state index contributed by atoms with van der Waals surface area (Å²) in [5.74, 6) is 0.741. The van der Waals surface area contributed by atoms with Crippen molar-refractivity contribution >= 4 is 12.6 Å². The van der Waals surface area contributed by atoms with Gasteiger partial charge in [0, 0.05) is 19.6 Å². The average molecular weight is 266 g/mol. The molecule has 0 aliphatic rings. The van der Waals surface area contributed by atoms with Crippen LogP contribution in [0.3, 0.4) is 0 Å². The van der Waals surface area contributed by atoms with Gasteiger partial charge in [0.25, 0.3) is 0 Å². The molecule has 1 aromatic carbocycles. The highest BCUT2D eigenvalue weighted by molar-refractivity contribution is 6.58. The maximum Gasteiger partial charge on any atom is 0.488 e. The first-order chi connectivity index (χ1) is 8.99. The molecule has 0 aliphatic heterocycles. The Balaban J connectivity index is 2.25. The lowest BCUT2D eigenvalue weighted by Gasteiger charge is -2.19. The van der Waals surface area contributed by atoms with Gasteiger partial charge in [-0.2, -0.15) is 0 Å². The van der Waals surface area contributed by atoms with Gasteiger partial charge in [-0.05, 0) is 38.7 Å². The number of benzene rings is 1. The number of rotatable bonds is 8. The lowest BCUT2D eigenvalue weighted by molar-refractivity contribution is 0.222. The maximum atomic E-state index is 8.97. The standard InChI is InChI=1S/C13H23BN2O3/c1-15(2)8-9-16(3)10-11-19-13-6-4-12(5-7-13)14(17)18/h4-7,17-18H,8-11H2,1-3H3. The van der Waals surface area contributed by atoms with Crippen molar-refractivity contribution < 1.29 is 14.8 Å². The first-order valence-corrected chi connectivity index (χ1v) is 6.41. The second kappa shape index (κ2) is 8.17. The molecule has 0 unspecified atom stereocenters. The van der Waals surface area contributed by atoms with Crippen LogP contribution in [0.5, 0.6) is 5.75 Å². The molecule has 1 aromatic rings. The van der Waals surface area contributed by atoms with E-state index in [2.05, 4.69) is 30.9 Å². The van der Waals surface area contributed by atoms with E-state index in [1.165, 1.54) is 0 Å². The third-order valence-corrected chi connectivity index (χ3v) is 2.85. The van der Waals surface area contributed by atoms with E-state index in [4.69, 9.17) is 14.8 Å². The van der Waals surface area contributed by atoms with Gasteiger partial charge in [-0.1, -0.05) is 12.1 Å². The minimum atomic E-state index is -1.42. The van der Waals surface area contributed by atoms with Crippen LogP contribution in [-0.2, 0) is 0 Å². The maximum absolute atomic E-state index is 8.97. The van der Waals surface area contributed by atoms with Crippen LogP contribution in [0, 0.1) is 0 Å². The SMILES string of the molecule is CN(C)CCN(C)CCOc1ccc(B(O)O)cc1. The van der Waals surface area contributed by atoms with E-state index in [9.17, 15) is 0 Å². The molecule has 0 heterocycles. The Kier molecular flexibility index (Phi) is 6.87. The number of hydrogen-bond acceptors (Lipinski definition) is 5. The number of likely N-dealkylation sites (N-methyl/N-ethyl adjacent to an activating group) is 2. The molecule has 0 saturated heterocycles. The second-order valence-corrected chi connectivity index (χ2v) is 4.90. The zero-order valence-corrected chi connectivity index (χ0v) is 11.9. The monoisotopic (exact) mass is 266 g/mol. The van der Waals surface area contributed by atoms with Gasteiger partial charge in [0.2, 0.25) is 0 Å². The van der Waals surface area contributed by atoms with Gasteiger partial charge >= 0.3 is 7.12 Å². The van der Waals surface area contributed by atoms with Gasteiger partial charge < -0.3 is 24.6 Å². The van der Waals surface area contributed by atoms with E-state index in [1.807, 2.05) is 0 Å². The summed E-state index contributed by atoms with van der Waals surface area (Å²) in [6, 6.07) is 6.79. The highest BCUT2D eigenvalue weighted by atomic mass is 16.5. The van der Waals surface area contributed by atoms with Gasteiger partial charge in [-0.3, -0.25) is 0 Å². The molecule has 19 heavy (non-hydrogen) atoms. The summed E-state index contributed by atoms with van der Waals surface area (Å²) in [6.45, 7) is 3.51. The van der Waals surface area contributed by atoms with Crippen molar-refractivity contribution in [2.75, 3.05) is 47.4 Å². The second-order valence-electron chi connectivity index (χ2n) is 4.90. The van der Waals surface area contributed by atoms with Crippen molar-refractivity contribution in [3.8, 4) is 5.75 Å². The van der Waals surface area contributed by atoms with Crippen LogP contribution in [0.2, 0.25) is 0 Å². The molecule has 0 aliphatic carbocycles. The predicted octanol–water partition coefficient (Wildman–Crippen LogP) is -0.761. The van der Waals surface area contributed by atoms with Gasteiger partial charge in [0.15, 0.2) is 0 Å². The van der Waals surface area contributed by atoms with Crippen LogP contribution in [0.15, 0.2) is 24.3 Å². The largest absolute Gasteiger partial charge is 0.492 e. The van der Waals surface area contributed by atoms with E-state index in [-0.39, 0.29) is 0 Å². The predicted molar refractivity (Wildman–Crippen MR) is 77.8 cm³/mol. The van der Waals surface area contributed by atoms with Gasteiger partial charge in [-0.25, -0.2) is 0 Å². The third kappa shape index (κ3) is 6.59. The van der Waals surface area contributed by atoms with Gasteiger partial charge in [-0.15, -0.1) is 0 Å². The molecule has 0 fully saturated rings. The Hall–Kier alpha value is -1.08. The van der Waals surface area contributed by atoms with Crippen LogP contribution in [0.4, 0.5) is 0 Å². The van der Waals surface area contributed by atoms with E-state index in [0.29, 0.717) is 12.1 Å². The Bertz CT molecular complexity index is 357. The number of hydrogen-bond donors (Lipinski definition) is 2. The minimum Gasteiger partial charge on any atom is -0.492 e. The first kappa shape index (κ1) is 16.0. The summed E-state index contributed by atoms with van der Waals surface area (Å²) in [5.41, 5.74) is 0.468. The molecule has 1 rings (SSSR count). The molecule has 0 saturated carbocycles. The summed E-state index contributed by atoms with van der Waals surface area (Å²) in [7, 11) is 4.76. The summed E-state index contributed by atoms with van der Waals surface area (Å²) < 4.78 is 5.60. The molecule has 5 nitrogen and oxygen atoms in total. The van der Waals surface area contributed by atoms with Crippen molar-refractivity contribution in [3.63, 3.8) is 0 Å². The fourth-order valence-corrected chi connectivity index (χ4v) is 1.54. The summed E-state index contributed by atoms with van der Waals surface area (Å²) in [5, 5.41) is 17.9. The quantitative estimate of drug-likeness (QED) is 0.606. The molecular weight excluding hydrogens is 243 g/mol. The summed E-state index contributed by atoms with van der Waals surface area (Å²) in [6.07, 6.45) is 0. The normalized spacial score (nSPS) is 11.1. The van der Waals surface area contributed by atoms with Gasteiger partial charge in [0.1, 0.15) is 12.4 Å². The number of ether oxygens (including phenoxy) is 1. The molecule has 0 aromatic heterocycles. The highest BCUT2D eigenvalue weighted by Crippen LogP contribution is 2.07. The molecule has 2 N–H and O–H groups in total.